The van der Waals surface area contributed by atoms with E-state index in [1.807, 2.05) is 0 Å². The van der Waals surface area contributed by atoms with Crippen LogP contribution in [0, 0.1) is 0 Å². The molecule has 74 valence electrons. The van der Waals surface area contributed by atoms with Crippen LogP contribution >= 0.6 is 0 Å². The fourth-order valence-electron chi connectivity index (χ4n) is 0.931. The molecule has 0 bridgehead atoms. The number of nitrogen functional groups attached to an aromatic ring is 1. The number of hydrogen-bond acceptors (Lipinski definition) is 4. The van der Waals surface area contributed by atoms with Crippen LogP contribution in [0.1, 0.15) is 13.8 Å². The van der Waals surface area contributed by atoms with Gasteiger partial charge in [-0.15, -0.1) is 0 Å². The van der Waals surface area contributed by atoms with E-state index in [0.29, 0.717) is 0 Å². The van der Waals surface area contributed by atoms with E-state index in [0.717, 1.165) is 0 Å². The summed E-state index contributed by atoms with van der Waals surface area (Å²) in [4.78, 5) is 0. The Morgan fingerprint density at radius 1 is 1.54 bits per heavy atom. The van der Waals surface area contributed by atoms with Crippen molar-refractivity contribution in [2.45, 2.75) is 24.1 Å². The molecule has 13 heavy (non-hydrogen) atoms. The largest absolute Gasteiger partial charge is 0.395 e. The molecule has 0 fully saturated rings. The highest BCUT2D eigenvalue weighted by atomic mass is 32.2. The Hall–Kier alpha value is -1.04. The molecule has 0 aliphatic rings. The van der Waals surface area contributed by atoms with Gasteiger partial charge in [-0.25, -0.2) is 8.42 Å². The lowest BCUT2D eigenvalue weighted by Gasteiger charge is -2.04. The molecule has 0 saturated heterocycles. The van der Waals surface area contributed by atoms with E-state index in [-0.39, 0.29) is 10.7 Å². The molecule has 1 rings (SSSR count). The maximum absolute atomic E-state index is 11.6. The van der Waals surface area contributed by atoms with E-state index < -0.39 is 15.1 Å². The molecule has 0 aliphatic carbocycles. The van der Waals surface area contributed by atoms with Gasteiger partial charge in [-0.3, -0.25) is 4.68 Å². The van der Waals surface area contributed by atoms with Crippen molar-refractivity contribution in [2.24, 2.45) is 7.05 Å². The number of sulfone groups is 1. The zero-order chi connectivity index (χ0) is 10.2. The van der Waals surface area contributed by atoms with Gasteiger partial charge in [0.25, 0.3) is 0 Å². The predicted molar refractivity (Wildman–Crippen MR) is 49.9 cm³/mol. The van der Waals surface area contributed by atoms with E-state index in [1.54, 1.807) is 20.9 Å². The first-order valence-corrected chi connectivity index (χ1v) is 5.43. The summed E-state index contributed by atoms with van der Waals surface area (Å²) in [5, 5.41) is 3.29. The fraction of sp³-hybridized carbons (Fsp3) is 0.571. The van der Waals surface area contributed by atoms with Gasteiger partial charge in [0, 0.05) is 13.2 Å². The topological polar surface area (TPSA) is 78.0 Å². The second-order valence-electron chi connectivity index (χ2n) is 3.16. The molecule has 0 radical (unpaired) electrons. The van der Waals surface area contributed by atoms with Gasteiger partial charge in [0.1, 0.15) is 0 Å². The Bertz CT molecular complexity index is 405. The number of hydrogen-bond donors (Lipinski definition) is 1. The zero-order valence-electron chi connectivity index (χ0n) is 7.85. The summed E-state index contributed by atoms with van der Waals surface area (Å²) in [6, 6.07) is 0. The SMILES string of the molecule is CC(C)S(=O)(=O)c1nn(C)cc1N. The van der Waals surface area contributed by atoms with Gasteiger partial charge in [-0.05, 0) is 13.8 Å². The Balaban J connectivity index is 3.31. The van der Waals surface area contributed by atoms with Crippen LogP contribution in [0.2, 0.25) is 0 Å². The van der Waals surface area contributed by atoms with Gasteiger partial charge in [0.15, 0.2) is 5.03 Å². The number of nitrogens with two attached hydrogens (primary N) is 1. The summed E-state index contributed by atoms with van der Waals surface area (Å²) < 4.78 is 24.6. The van der Waals surface area contributed by atoms with Crippen LogP contribution in [0.3, 0.4) is 0 Å². The third-order valence-corrected chi connectivity index (χ3v) is 3.81. The van der Waals surface area contributed by atoms with Crippen LogP contribution in [0.15, 0.2) is 11.2 Å². The lowest BCUT2D eigenvalue weighted by atomic mass is 10.6. The van der Waals surface area contributed by atoms with Crippen LogP contribution in [0.5, 0.6) is 0 Å². The molecule has 0 atom stereocenters. The minimum absolute atomic E-state index is 0.0231. The van der Waals surface area contributed by atoms with Crippen molar-refractivity contribution in [1.29, 1.82) is 0 Å². The van der Waals surface area contributed by atoms with Crippen LogP contribution in [-0.2, 0) is 16.9 Å². The molecular weight excluding hydrogens is 190 g/mol. The van der Waals surface area contributed by atoms with Crippen molar-refractivity contribution in [3.63, 3.8) is 0 Å². The molecule has 2 N–H and O–H groups in total. The first kappa shape index (κ1) is 10.0. The highest BCUT2D eigenvalue weighted by Gasteiger charge is 2.24. The highest BCUT2D eigenvalue weighted by molar-refractivity contribution is 7.92. The van der Waals surface area contributed by atoms with Gasteiger partial charge < -0.3 is 5.73 Å². The zero-order valence-corrected chi connectivity index (χ0v) is 8.67. The molecule has 0 aliphatic heterocycles. The van der Waals surface area contributed by atoms with Gasteiger partial charge in [0.05, 0.1) is 10.9 Å². The summed E-state index contributed by atoms with van der Waals surface area (Å²) in [6.45, 7) is 3.20. The first-order chi connectivity index (χ1) is 5.85. The minimum Gasteiger partial charge on any atom is -0.395 e. The third-order valence-electron chi connectivity index (χ3n) is 1.71. The molecule has 5 nitrogen and oxygen atoms in total. The Labute approximate surface area is 77.5 Å². The van der Waals surface area contributed by atoms with Crippen LogP contribution in [0.4, 0.5) is 5.69 Å². The van der Waals surface area contributed by atoms with Gasteiger partial charge >= 0.3 is 0 Å². The first-order valence-electron chi connectivity index (χ1n) is 3.88. The number of aryl methyl sites for hydroxylation is 1. The maximum atomic E-state index is 11.6. The second-order valence-corrected chi connectivity index (χ2v) is 5.58. The number of anilines is 1. The second kappa shape index (κ2) is 3.02. The molecule has 0 amide bonds. The summed E-state index contributed by atoms with van der Waals surface area (Å²) in [5.74, 6) is 0. The van der Waals surface area contributed by atoms with Crippen molar-refractivity contribution in [1.82, 2.24) is 9.78 Å². The summed E-state index contributed by atoms with van der Waals surface area (Å²) >= 11 is 0. The van der Waals surface area contributed by atoms with Gasteiger partial charge in [-0.2, -0.15) is 5.10 Å². The van der Waals surface area contributed by atoms with Crippen molar-refractivity contribution in [2.75, 3.05) is 5.73 Å². The molecule has 0 unspecified atom stereocenters. The van der Waals surface area contributed by atoms with Crippen LogP contribution in [-0.4, -0.2) is 23.4 Å². The van der Waals surface area contributed by atoms with Crippen LogP contribution in [0.25, 0.3) is 0 Å². The van der Waals surface area contributed by atoms with E-state index in [1.165, 1.54) is 10.9 Å². The minimum atomic E-state index is -3.34. The Kier molecular flexibility index (Phi) is 2.34. The number of nitrogens with zero attached hydrogens (tertiary/aromatic N) is 2. The molecule has 1 aromatic heterocycles. The van der Waals surface area contributed by atoms with E-state index in [4.69, 9.17) is 5.73 Å². The Morgan fingerprint density at radius 2 is 2.08 bits per heavy atom. The van der Waals surface area contributed by atoms with Crippen molar-refractivity contribution in [3.05, 3.63) is 6.20 Å². The van der Waals surface area contributed by atoms with E-state index >= 15 is 0 Å². The summed E-state index contributed by atoms with van der Waals surface area (Å²) in [6.07, 6.45) is 1.48. The third kappa shape index (κ3) is 1.67. The van der Waals surface area contributed by atoms with Crippen molar-refractivity contribution < 1.29 is 8.42 Å². The molecule has 6 heteroatoms. The standard InChI is InChI=1S/C7H13N3O2S/c1-5(2)13(11,12)7-6(8)4-10(3)9-7/h4-5H,8H2,1-3H3. The molecular formula is C7H13N3O2S. The average Bonchev–Trinajstić information content (AvgIpc) is 2.30. The Morgan fingerprint density at radius 3 is 2.38 bits per heavy atom. The van der Waals surface area contributed by atoms with Gasteiger partial charge in [0.2, 0.25) is 9.84 Å². The lowest BCUT2D eigenvalue weighted by molar-refractivity contribution is 0.580. The molecule has 0 spiro atoms. The quantitative estimate of drug-likeness (QED) is 0.744. The van der Waals surface area contributed by atoms with E-state index in [9.17, 15) is 8.42 Å². The fourth-order valence-corrected chi connectivity index (χ4v) is 2.00. The van der Waals surface area contributed by atoms with Gasteiger partial charge in [-0.1, -0.05) is 0 Å². The lowest BCUT2D eigenvalue weighted by Crippen LogP contribution is -2.16. The number of aromatic nitrogens is 2. The summed E-state index contributed by atoms with van der Waals surface area (Å²) in [5.41, 5.74) is 5.71. The van der Waals surface area contributed by atoms with Crippen molar-refractivity contribution >= 4 is 15.5 Å². The molecule has 1 heterocycles. The molecule has 0 saturated carbocycles. The van der Waals surface area contributed by atoms with Crippen molar-refractivity contribution in [3.8, 4) is 0 Å². The smallest absolute Gasteiger partial charge is 0.201 e. The normalized spacial score (nSPS) is 12.3. The van der Waals surface area contributed by atoms with Crippen LogP contribution < -0.4 is 5.73 Å². The predicted octanol–water partition coefficient (Wildman–Crippen LogP) is 0.184. The average molecular weight is 203 g/mol. The highest BCUT2D eigenvalue weighted by Crippen LogP contribution is 2.19. The molecule has 1 aromatic rings. The monoisotopic (exact) mass is 203 g/mol. The van der Waals surface area contributed by atoms with E-state index in [2.05, 4.69) is 5.10 Å². The number of rotatable bonds is 2. The summed E-state index contributed by atoms with van der Waals surface area (Å²) in [7, 11) is -1.71. The molecule has 0 aromatic carbocycles. The maximum Gasteiger partial charge on any atom is 0.201 e.